The van der Waals surface area contributed by atoms with Gasteiger partial charge in [-0.25, -0.2) is 14.6 Å². The molecule has 0 bridgehead atoms. The molecule has 2 aromatic rings. The minimum Gasteiger partial charge on any atom is -0.461 e. The SMILES string of the molecule is Cc1c(C(=O)OCC(C)C)sc2ncn([C@@H](C)C(=O)OC(C)C)c(=O)c12. The lowest BCUT2D eigenvalue weighted by Crippen LogP contribution is -2.30. The van der Waals surface area contributed by atoms with Crippen LogP contribution >= 0.6 is 11.3 Å². The third-order valence-electron chi connectivity index (χ3n) is 3.72. The van der Waals surface area contributed by atoms with Gasteiger partial charge in [0.1, 0.15) is 15.7 Å². The fraction of sp³-hybridized carbons (Fsp3) is 0.556. The number of nitrogens with zero attached hydrogens (tertiary/aromatic N) is 2. The van der Waals surface area contributed by atoms with Crippen molar-refractivity contribution in [3.63, 3.8) is 0 Å². The second-order valence-corrected chi connectivity index (χ2v) is 7.85. The molecule has 0 spiro atoms. The van der Waals surface area contributed by atoms with Crippen LogP contribution in [0.1, 0.15) is 55.9 Å². The lowest BCUT2D eigenvalue weighted by atomic mass is 10.2. The van der Waals surface area contributed by atoms with Crippen LogP contribution < -0.4 is 5.56 Å². The van der Waals surface area contributed by atoms with E-state index >= 15 is 0 Å². The maximum Gasteiger partial charge on any atom is 0.348 e. The summed E-state index contributed by atoms with van der Waals surface area (Å²) in [6.45, 7) is 11.0. The van der Waals surface area contributed by atoms with Crippen LogP contribution in [0.15, 0.2) is 11.1 Å². The van der Waals surface area contributed by atoms with Gasteiger partial charge >= 0.3 is 11.9 Å². The number of ether oxygens (including phenoxy) is 2. The van der Waals surface area contributed by atoms with E-state index in [-0.39, 0.29) is 17.6 Å². The Morgan fingerprint density at radius 3 is 2.46 bits per heavy atom. The molecule has 0 saturated carbocycles. The number of rotatable bonds is 6. The first-order valence-corrected chi connectivity index (χ1v) is 9.33. The van der Waals surface area contributed by atoms with Crippen molar-refractivity contribution in [2.24, 2.45) is 5.92 Å². The molecule has 1 atom stereocenters. The molecule has 0 aliphatic heterocycles. The van der Waals surface area contributed by atoms with Gasteiger partial charge < -0.3 is 9.47 Å². The van der Waals surface area contributed by atoms with Crippen LogP contribution in [0.4, 0.5) is 0 Å². The molecule has 0 amide bonds. The fourth-order valence-corrected chi connectivity index (χ4v) is 3.39. The van der Waals surface area contributed by atoms with Crippen molar-refractivity contribution in [3.05, 3.63) is 27.1 Å². The first kappa shape index (κ1) is 20.1. The van der Waals surface area contributed by atoms with E-state index in [1.54, 1.807) is 27.7 Å². The topological polar surface area (TPSA) is 87.5 Å². The van der Waals surface area contributed by atoms with Crippen LogP contribution in [-0.2, 0) is 14.3 Å². The van der Waals surface area contributed by atoms with Gasteiger partial charge in [-0.15, -0.1) is 11.3 Å². The molecule has 2 rings (SSSR count). The van der Waals surface area contributed by atoms with Crippen molar-refractivity contribution >= 4 is 33.5 Å². The van der Waals surface area contributed by atoms with E-state index in [0.717, 1.165) is 11.3 Å². The van der Waals surface area contributed by atoms with Crippen LogP contribution in [0.5, 0.6) is 0 Å². The van der Waals surface area contributed by atoms with Crippen LogP contribution in [-0.4, -0.2) is 34.2 Å². The molecule has 0 aliphatic carbocycles. The number of hydrogen-bond acceptors (Lipinski definition) is 7. The molecular weight excluding hydrogens is 356 g/mol. The van der Waals surface area contributed by atoms with Gasteiger partial charge in [0.2, 0.25) is 0 Å². The van der Waals surface area contributed by atoms with E-state index in [9.17, 15) is 14.4 Å². The Balaban J connectivity index is 2.42. The highest BCUT2D eigenvalue weighted by atomic mass is 32.1. The molecule has 8 heteroatoms. The zero-order chi connectivity index (χ0) is 19.6. The Morgan fingerprint density at radius 1 is 1.23 bits per heavy atom. The summed E-state index contributed by atoms with van der Waals surface area (Å²) in [7, 11) is 0. The Hall–Kier alpha value is -2.22. The lowest BCUT2D eigenvalue weighted by Gasteiger charge is -2.15. The van der Waals surface area contributed by atoms with E-state index in [0.29, 0.717) is 27.3 Å². The van der Waals surface area contributed by atoms with E-state index in [1.807, 2.05) is 13.8 Å². The molecular formula is C18H24N2O5S. The van der Waals surface area contributed by atoms with Crippen LogP contribution in [0, 0.1) is 12.8 Å². The number of carbonyl (C=O) groups is 2. The molecule has 26 heavy (non-hydrogen) atoms. The molecule has 0 aromatic carbocycles. The Bertz CT molecular complexity index is 882. The molecule has 0 fully saturated rings. The van der Waals surface area contributed by atoms with Crippen LogP contribution in [0.3, 0.4) is 0 Å². The molecule has 0 N–H and O–H groups in total. The Labute approximate surface area is 155 Å². The van der Waals surface area contributed by atoms with Gasteiger partial charge in [-0.1, -0.05) is 13.8 Å². The zero-order valence-electron chi connectivity index (χ0n) is 15.9. The molecule has 2 heterocycles. The summed E-state index contributed by atoms with van der Waals surface area (Å²) in [6, 6.07) is -0.808. The number of aromatic nitrogens is 2. The third-order valence-corrected chi connectivity index (χ3v) is 4.90. The summed E-state index contributed by atoms with van der Waals surface area (Å²) in [4.78, 5) is 42.3. The second kappa shape index (κ2) is 7.99. The highest BCUT2D eigenvalue weighted by Crippen LogP contribution is 2.28. The van der Waals surface area contributed by atoms with Gasteiger partial charge in [0.15, 0.2) is 0 Å². The van der Waals surface area contributed by atoms with E-state index in [1.165, 1.54) is 10.9 Å². The van der Waals surface area contributed by atoms with Crippen LogP contribution in [0.2, 0.25) is 0 Å². The van der Waals surface area contributed by atoms with Crippen molar-refractivity contribution in [2.75, 3.05) is 6.61 Å². The smallest absolute Gasteiger partial charge is 0.348 e. The molecule has 2 aromatic heterocycles. The second-order valence-electron chi connectivity index (χ2n) is 6.85. The molecule has 0 saturated heterocycles. The van der Waals surface area contributed by atoms with Gasteiger partial charge in [0, 0.05) is 0 Å². The largest absolute Gasteiger partial charge is 0.461 e. The minimum absolute atomic E-state index is 0.219. The number of hydrogen-bond donors (Lipinski definition) is 0. The maximum atomic E-state index is 12.9. The van der Waals surface area contributed by atoms with Gasteiger partial charge in [-0.2, -0.15) is 0 Å². The third kappa shape index (κ3) is 4.12. The number of thiophene rings is 1. The van der Waals surface area contributed by atoms with E-state index in [2.05, 4.69) is 4.98 Å². The summed E-state index contributed by atoms with van der Waals surface area (Å²) in [6.07, 6.45) is 1.04. The highest BCUT2D eigenvalue weighted by Gasteiger charge is 2.24. The van der Waals surface area contributed by atoms with E-state index < -0.39 is 18.0 Å². The quantitative estimate of drug-likeness (QED) is 0.716. The standard InChI is InChI=1S/C18H24N2O5S/c1-9(2)7-24-18(23)14-11(5)13-15(26-14)19-8-20(16(13)21)12(6)17(22)25-10(3)4/h8-10,12H,7H2,1-6H3/t12-/m0/s1. The Morgan fingerprint density at radius 2 is 1.88 bits per heavy atom. The summed E-state index contributed by atoms with van der Waals surface area (Å²) in [5.41, 5.74) is 0.148. The first-order valence-electron chi connectivity index (χ1n) is 8.51. The number of esters is 2. The molecule has 0 radical (unpaired) electrons. The number of carbonyl (C=O) groups excluding carboxylic acids is 2. The predicted molar refractivity (Wildman–Crippen MR) is 99.7 cm³/mol. The van der Waals surface area contributed by atoms with Gasteiger partial charge in [-0.3, -0.25) is 9.36 Å². The van der Waals surface area contributed by atoms with Gasteiger partial charge in [0.25, 0.3) is 5.56 Å². The average molecular weight is 380 g/mol. The highest BCUT2D eigenvalue weighted by molar-refractivity contribution is 7.20. The molecule has 0 aliphatic rings. The minimum atomic E-state index is -0.808. The summed E-state index contributed by atoms with van der Waals surface area (Å²) in [5, 5.41) is 0.332. The van der Waals surface area contributed by atoms with Gasteiger partial charge in [-0.05, 0) is 39.2 Å². The van der Waals surface area contributed by atoms with E-state index in [4.69, 9.17) is 9.47 Å². The summed E-state index contributed by atoms with van der Waals surface area (Å²) in [5.74, 6) is -0.748. The average Bonchev–Trinajstić information content (AvgIpc) is 2.89. The summed E-state index contributed by atoms with van der Waals surface area (Å²) >= 11 is 1.12. The maximum absolute atomic E-state index is 12.9. The van der Waals surface area contributed by atoms with Crippen molar-refractivity contribution < 1.29 is 19.1 Å². The molecule has 0 unspecified atom stereocenters. The van der Waals surface area contributed by atoms with Gasteiger partial charge in [0.05, 0.1) is 24.4 Å². The first-order chi connectivity index (χ1) is 12.1. The fourth-order valence-electron chi connectivity index (χ4n) is 2.36. The zero-order valence-corrected chi connectivity index (χ0v) is 16.7. The van der Waals surface area contributed by atoms with Crippen molar-refractivity contribution in [3.8, 4) is 0 Å². The van der Waals surface area contributed by atoms with Crippen molar-refractivity contribution in [2.45, 2.75) is 53.7 Å². The number of fused-ring (bicyclic) bond motifs is 1. The Kier molecular flexibility index (Phi) is 6.17. The summed E-state index contributed by atoms with van der Waals surface area (Å²) < 4.78 is 11.7. The molecule has 7 nitrogen and oxygen atoms in total. The predicted octanol–water partition coefficient (Wildman–Crippen LogP) is 3.09. The van der Waals surface area contributed by atoms with Crippen molar-refractivity contribution in [1.82, 2.24) is 9.55 Å². The van der Waals surface area contributed by atoms with Crippen molar-refractivity contribution in [1.29, 1.82) is 0 Å². The lowest BCUT2D eigenvalue weighted by molar-refractivity contribution is -0.151. The number of aryl methyl sites for hydroxylation is 1. The van der Waals surface area contributed by atoms with Crippen LogP contribution in [0.25, 0.3) is 10.2 Å². The molecule has 142 valence electrons. The monoisotopic (exact) mass is 380 g/mol. The normalized spacial score (nSPS) is 12.6.